The molecule has 1 aromatic heterocycles. The lowest BCUT2D eigenvalue weighted by Crippen LogP contribution is -2.57. The highest BCUT2D eigenvalue weighted by Gasteiger charge is 2.30. The number of hydrogen-bond acceptors (Lipinski definition) is 5. The minimum absolute atomic E-state index is 0.0210. The number of piperazine rings is 1. The zero-order chi connectivity index (χ0) is 20.8. The highest BCUT2D eigenvalue weighted by Crippen LogP contribution is 2.18. The number of aromatic nitrogens is 1. The van der Waals surface area contributed by atoms with Gasteiger partial charge in [0.1, 0.15) is 0 Å². The molecule has 8 heteroatoms. The van der Waals surface area contributed by atoms with Crippen molar-refractivity contribution in [3.05, 3.63) is 15.6 Å². The number of aryl methyl sites for hydroxylation is 2. The van der Waals surface area contributed by atoms with E-state index in [0.29, 0.717) is 5.91 Å². The SMILES string of the molecule is CCNC(=NCCc1sc(C)nc1C)N1CCN(C(C)C(=O)N2CCCC2)CC1. The van der Waals surface area contributed by atoms with Gasteiger partial charge in [0.2, 0.25) is 5.91 Å². The largest absolute Gasteiger partial charge is 0.357 e. The summed E-state index contributed by atoms with van der Waals surface area (Å²) in [6.07, 6.45) is 3.23. The molecule has 1 atom stereocenters. The minimum atomic E-state index is -0.0210. The smallest absolute Gasteiger partial charge is 0.239 e. The fourth-order valence-corrected chi connectivity index (χ4v) is 5.10. The van der Waals surface area contributed by atoms with E-state index < -0.39 is 0 Å². The van der Waals surface area contributed by atoms with Crippen LogP contribution in [0.2, 0.25) is 0 Å². The molecule has 7 nitrogen and oxygen atoms in total. The number of carbonyl (C=O) groups excluding carboxylic acids is 1. The van der Waals surface area contributed by atoms with Gasteiger partial charge in [0.05, 0.1) is 16.7 Å². The number of guanidine groups is 1. The van der Waals surface area contributed by atoms with E-state index in [9.17, 15) is 4.79 Å². The van der Waals surface area contributed by atoms with Crippen molar-refractivity contribution in [1.29, 1.82) is 0 Å². The molecule has 1 unspecified atom stereocenters. The van der Waals surface area contributed by atoms with Crippen LogP contribution >= 0.6 is 11.3 Å². The van der Waals surface area contributed by atoms with E-state index in [-0.39, 0.29) is 6.04 Å². The highest BCUT2D eigenvalue weighted by atomic mass is 32.1. The molecule has 1 amide bonds. The molecule has 3 rings (SSSR count). The second-order valence-electron chi connectivity index (χ2n) is 7.96. The average molecular weight is 421 g/mol. The van der Waals surface area contributed by atoms with Crippen LogP contribution in [0.25, 0.3) is 0 Å². The van der Waals surface area contributed by atoms with E-state index in [0.717, 1.165) is 88.3 Å². The number of nitrogens with zero attached hydrogens (tertiary/aromatic N) is 5. The maximum Gasteiger partial charge on any atom is 0.239 e. The predicted octanol–water partition coefficient (Wildman–Crippen LogP) is 1.90. The van der Waals surface area contributed by atoms with Crippen molar-refractivity contribution in [2.45, 2.75) is 53.0 Å². The highest BCUT2D eigenvalue weighted by molar-refractivity contribution is 7.11. The number of rotatable bonds is 6. The van der Waals surface area contributed by atoms with Gasteiger partial charge in [0.15, 0.2) is 5.96 Å². The Bertz CT molecular complexity index is 704. The lowest BCUT2D eigenvalue weighted by molar-refractivity contribution is -0.135. The number of likely N-dealkylation sites (tertiary alicyclic amines) is 1. The molecule has 0 radical (unpaired) electrons. The van der Waals surface area contributed by atoms with Crippen LogP contribution in [0.1, 0.15) is 42.3 Å². The lowest BCUT2D eigenvalue weighted by Gasteiger charge is -2.39. The summed E-state index contributed by atoms with van der Waals surface area (Å²) in [5, 5.41) is 4.57. The van der Waals surface area contributed by atoms with Gasteiger partial charge in [0, 0.05) is 63.7 Å². The Morgan fingerprint density at radius 2 is 1.83 bits per heavy atom. The van der Waals surface area contributed by atoms with Crippen LogP contribution < -0.4 is 5.32 Å². The third-order valence-electron chi connectivity index (χ3n) is 5.87. The predicted molar refractivity (Wildman–Crippen MR) is 120 cm³/mol. The van der Waals surface area contributed by atoms with Gasteiger partial charge >= 0.3 is 0 Å². The van der Waals surface area contributed by atoms with E-state index in [1.165, 1.54) is 4.88 Å². The summed E-state index contributed by atoms with van der Waals surface area (Å²) >= 11 is 1.77. The number of aliphatic imine (C=N–C) groups is 1. The zero-order valence-electron chi connectivity index (χ0n) is 18.4. The first kappa shape index (κ1) is 22.0. The van der Waals surface area contributed by atoms with Gasteiger partial charge in [-0.3, -0.25) is 14.7 Å². The van der Waals surface area contributed by atoms with Crippen LogP contribution in [0.4, 0.5) is 0 Å². The van der Waals surface area contributed by atoms with Crippen molar-refractivity contribution in [2.24, 2.45) is 4.99 Å². The summed E-state index contributed by atoms with van der Waals surface area (Å²) < 4.78 is 0. The quantitative estimate of drug-likeness (QED) is 0.563. The number of carbonyl (C=O) groups is 1. The van der Waals surface area contributed by atoms with Crippen LogP contribution in [0.3, 0.4) is 0 Å². The summed E-state index contributed by atoms with van der Waals surface area (Å²) in [6.45, 7) is 15.4. The van der Waals surface area contributed by atoms with E-state index in [1.807, 2.05) is 4.90 Å². The second-order valence-corrected chi connectivity index (χ2v) is 9.25. The van der Waals surface area contributed by atoms with Gasteiger partial charge in [-0.15, -0.1) is 11.3 Å². The van der Waals surface area contributed by atoms with Gasteiger partial charge in [0.25, 0.3) is 0 Å². The molecule has 0 bridgehead atoms. The third kappa shape index (κ3) is 5.69. The Kier molecular flexibility index (Phi) is 7.89. The summed E-state index contributed by atoms with van der Waals surface area (Å²) in [5.41, 5.74) is 1.14. The molecule has 1 N–H and O–H groups in total. The Balaban J connectivity index is 1.52. The van der Waals surface area contributed by atoms with Gasteiger partial charge in [-0.05, 0) is 40.5 Å². The number of thiazole rings is 1. The van der Waals surface area contributed by atoms with Crippen LogP contribution in [0.15, 0.2) is 4.99 Å². The van der Waals surface area contributed by atoms with E-state index >= 15 is 0 Å². The molecular weight excluding hydrogens is 384 g/mol. The van der Waals surface area contributed by atoms with Crippen LogP contribution in [0.5, 0.6) is 0 Å². The lowest BCUT2D eigenvalue weighted by atomic mass is 10.2. The summed E-state index contributed by atoms with van der Waals surface area (Å²) in [6, 6.07) is -0.0210. The molecule has 0 saturated carbocycles. The van der Waals surface area contributed by atoms with E-state index in [4.69, 9.17) is 4.99 Å². The maximum atomic E-state index is 12.7. The zero-order valence-corrected chi connectivity index (χ0v) is 19.2. The van der Waals surface area contributed by atoms with Gasteiger partial charge in [-0.1, -0.05) is 0 Å². The fraction of sp³-hybridized carbons (Fsp3) is 0.762. The van der Waals surface area contributed by atoms with E-state index in [1.54, 1.807) is 11.3 Å². The molecule has 162 valence electrons. The Hall–Kier alpha value is -1.67. The van der Waals surface area contributed by atoms with Crippen LogP contribution in [-0.2, 0) is 11.2 Å². The van der Waals surface area contributed by atoms with Crippen molar-refractivity contribution in [1.82, 2.24) is 25.0 Å². The number of nitrogens with one attached hydrogen (secondary N) is 1. The van der Waals surface area contributed by atoms with Crippen molar-refractivity contribution in [2.75, 3.05) is 52.4 Å². The van der Waals surface area contributed by atoms with Crippen molar-refractivity contribution in [3.63, 3.8) is 0 Å². The van der Waals surface area contributed by atoms with Crippen molar-refractivity contribution < 1.29 is 4.79 Å². The van der Waals surface area contributed by atoms with E-state index in [2.05, 4.69) is 47.8 Å². The Morgan fingerprint density at radius 1 is 1.14 bits per heavy atom. The average Bonchev–Trinajstić information content (AvgIpc) is 3.36. The fourth-order valence-electron chi connectivity index (χ4n) is 4.17. The molecule has 0 aromatic carbocycles. The molecule has 29 heavy (non-hydrogen) atoms. The Labute approximate surface area is 179 Å². The topological polar surface area (TPSA) is 64.1 Å². The van der Waals surface area contributed by atoms with Crippen molar-refractivity contribution >= 4 is 23.2 Å². The normalized spacial score (nSPS) is 19.7. The molecular formula is C21H36N6OS. The van der Waals surface area contributed by atoms with Gasteiger partial charge in [-0.25, -0.2) is 4.98 Å². The first-order valence-electron chi connectivity index (χ1n) is 11.0. The van der Waals surface area contributed by atoms with Crippen LogP contribution in [0, 0.1) is 13.8 Å². The molecule has 2 aliphatic rings. The first-order valence-corrected chi connectivity index (χ1v) is 11.8. The standard InChI is InChI=1S/C21H36N6OS/c1-5-22-21(23-9-8-19-16(2)24-18(4)29-19)27-14-12-25(13-15-27)17(3)20(28)26-10-6-7-11-26/h17H,5-15H2,1-4H3,(H,22,23). The third-order valence-corrected chi connectivity index (χ3v) is 7.00. The van der Waals surface area contributed by atoms with Crippen LogP contribution in [-0.4, -0.2) is 90.0 Å². The summed E-state index contributed by atoms with van der Waals surface area (Å²) in [4.78, 5) is 30.1. The molecule has 3 heterocycles. The number of amides is 1. The molecule has 2 saturated heterocycles. The maximum absolute atomic E-state index is 12.7. The number of hydrogen-bond donors (Lipinski definition) is 1. The molecule has 0 spiro atoms. The molecule has 2 aliphatic heterocycles. The Morgan fingerprint density at radius 3 is 2.41 bits per heavy atom. The molecule has 1 aromatic rings. The monoisotopic (exact) mass is 420 g/mol. The summed E-state index contributed by atoms with van der Waals surface area (Å²) in [5.74, 6) is 1.29. The molecule has 2 fully saturated rings. The van der Waals surface area contributed by atoms with Crippen molar-refractivity contribution in [3.8, 4) is 0 Å². The van der Waals surface area contributed by atoms with Gasteiger partial charge < -0.3 is 15.1 Å². The van der Waals surface area contributed by atoms with Gasteiger partial charge in [-0.2, -0.15) is 0 Å². The minimum Gasteiger partial charge on any atom is -0.357 e. The first-order chi connectivity index (χ1) is 14.0. The second kappa shape index (κ2) is 10.4. The molecule has 0 aliphatic carbocycles. The summed E-state index contributed by atoms with van der Waals surface area (Å²) in [7, 11) is 0.